The summed E-state index contributed by atoms with van der Waals surface area (Å²) in [5.41, 5.74) is 0.967. The summed E-state index contributed by atoms with van der Waals surface area (Å²) in [6, 6.07) is 9.48. The van der Waals surface area contributed by atoms with E-state index in [2.05, 4.69) is 10.6 Å². The molecule has 1 aromatic carbocycles. The molecule has 2 rings (SSSR count). The molecule has 0 unspecified atom stereocenters. The summed E-state index contributed by atoms with van der Waals surface area (Å²) in [6.45, 7) is 1.69. The molecule has 0 bridgehead atoms. The SMILES string of the molecule is C[C@@H](OC(=O)CNC(=O)C1CCCCC1)C(=O)NCc1ccccc1. The molecule has 1 aliphatic rings. The van der Waals surface area contributed by atoms with Crippen molar-refractivity contribution >= 4 is 17.8 Å². The lowest BCUT2D eigenvalue weighted by atomic mass is 9.89. The Morgan fingerprint density at radius 3 is 2.44 bits per heavy atom. The van der Waals surface area contributed by atoms with Gasteiger partial charge in [0.2, 0.25) is 5.91 Å². The van der Waals surface area contributed by atoms with Crippen molar-refractivity contribution in [3.05, 3.63) is 35.9 Å². The van der Waals surface area contributed by atoms with Gasteiger partial charge in [-0.2, -0.15) is 0 Å². The van der Waals surface area contributed by atoms with Crippen LogP contribution in [0.5, 0.6) is 0 Å². The van der Waals surface area contributed by atoms with E-state index in [-0.39, 0.29) is 24.3 Å². The van der Waals surface area contributed by atoms with Gasteiger partial charge in [0.15, 0.2) is 6.10 Å². The minimum atomic E-state index is -0.900. The maximum absolute atomic E-state index is 12.0. The average molecular weight is 346 g/mol. The number of carbonyl (C=O) groups excluding carboxylic acids is 3. The maximum Gasteiger partial charge on any atom is 0.326 e. The van der Waals surface area contributed by atoms with Crippen LogP contribution in [0.3, 0.4) is 0 Å². The van der Waals surface area contributed by atoms with Crippen LogP contribution in [0.1, 0.15) is 44.6 Å². The Morgan fingerprint density at radius 1 is 1.08 bits per heavy atom. The van der Waals surface area contributed by atoms with E-state index in [1.165, 1.54) is 13.3 Å². The fourth-order valence-corrected chi connectivity index (χ4v) is 2.89. The van der Waals surface area contributed by atoms with E-state index < -0.39 is 12.1 Å². The molecule has 136 valence electrons. The van der Waals surface area contributed by atoms with Crippen LogP contribution in [0.2, 0.25) is 0 Å². The van der Waals surface area contributed by atoms with Crippen molar-refractivity contribution in [1.29, 1.82) is 0 Å². The Labute approximate surface area is 148 Å². The number of carbonyl (C=O) groups is 3. The average Bonchev–Trinajstić information content (AvgIpc) is 2.65. The van der Waals surface area contributed by atoms with Crippen molar-refractivity contribution in [3.63, 3.8) is 0 Å². The number of rotatable bonds is 7. The first-order valence-corrected chi connectivity index (χ1v) is 8.85. The first-order valence-electron chi connectivity index (χ1n) is 8.85. The highest BCUT2D eigenvalue weighted by atomic mass is 16.5. The van der Waals surface area contributed by atoms with Crippen LogP contribution in [-0.4, -0.2) is 30.4 Å². The molecule has 0 saturated heterocycles. The Bertz CT molecular complexity index is 582. The minimum absolute atomic E-state index is 0.00635. The van der Waals surface area contributed by atoms with Gasteiger partial charge in [-0.1, -0.05) is 49.6 Å². The normalized spacial score (nSPS) is 15.9. The number of amides is 2. The third kappa shape index (κ3) is 6.57. The van der Waals surface area contributed by atoms with Crippen LogP contribution >= 0.6 is 0 Å². The number of ether oxygens (including phenoxy) is 1. The van der Waals surface area contributed by atoms with Gasteiger partial charge < -0.3 is 15.4 Å². The van der Waals surface area contributed by atoms with E-state index in [1.807, 2.05) is 30.3 Å². The second-order valence-corrected chi connectivity index (χ2v) is 6.39. The van der Waals surface area contributed by atoms with E-state index in [4.69, 9.17) is 4.74 Å². The van der Waals surface area contributed by atoms with Gasteiger partial charge in [-0.3, -0.25) is 14.4 Å². The Hall–Kier alpha value is -2.37. The van der Waals surface area contributed by atoms with Gasteiger partial charge in [0, 0.05) is 12.5 Å². The number of esters is 1. The second-order valence-electron chi connectivity index (χ2n) is 6.39. The molecule has 6 nitrogen and oxygen atoms in total. The largest absolute Gasteiger partial charge is 0.451 e. The van der Waals surface area contributed by atoms with Crippen LogP contribution in [0.4, 0.5) is 0 Å². The molecule has 0 aromatic heterocycles. The van der Waals surface area contributed by atoms with Gasteiger partial charge in [-0.15, -0.1) is 0 Å². The number of nitrogens with one attached hydrogen (secondary N) is 2. The maximum atomic E-state index is 12.0. The molecule has 1 atom stereocenters. The zero-order chi connectivity index (χ0) is 18.1. The summed E-state index contributed by atoms with van der Waals surface area (Å²) in [6.07, 6.45) is 4.13. The van der Waals surface area contributed by atoms with Gasteiger partial charge >= 0.3 is 5.97 Å². The highest BCUT2D eigenvalue weighted by molar-refractivity contribution is 5.86. The van der Waals surface area contributed by atoms with Crippen molar-refractivity contribution in [2.45, 2.75) is 51.7 Å². The van der Waals surface area contributed by atoms with Gasteiger partial charge in [0.25, 0.3) is 5.91 Å². The van der Waals surface area contributed by atoms with Gasteiger partial charge in [0.1, 0.15) is 6.54 Å². The fourth-order valence-electron chi connectivity index (χ4n) is 2.89. The summed E-state index contributed by atoms with van der Waals surface area (Å²) in [5.74, 6) is -1.08. The lowest BCUT2D eigenvalue weighted by Gasteiger charge is -2.20. The van der Waals surface area contributed by atoms with E-state index in [9.17, 15) is 14.4 Å². The third-order valence-corrected chi connectivity index (χ3v) is 4.37. The highest BCUT2D eigenvalue weighted by Gasteiger charge is 2.22. The molecule has 6 heteroatoms. The van der Waals surface area contributed by atoms with Gasteiger partial charge in [-0.25, -0.2) is 0 Å². The van der Waals surface area contributed by atoms with Crippen LogP contribution in [0.15, 0.2) is 30.3 Å². The molecule has 2 amide bonds. The van der Waals surface area contributed by atoms with Crippen LogP contribution in [0, 0.1) is 5.92 Å². The van der Waals surface area contributed by atoms with Gasteiger partial charge in [-0.05, 0) is 25.3 Å². The molecule has 1 saturated carbocycles. The standard InChI is InChI=1S/C19H26N2O4/c1-14(18(23)20-12-15-8-4-2-5-9-15)25-17(22)13-21-19(24)16-10-6-3-7-11-16/h2,4-5,8-9,14,16H,3,6-7,10-13H2,1H3,(H,20,23)(H,21,24)/t14-/m1/s1. The molecule has 1 aliphatic carbocycles. The lowest BCUT2D eigenvalue weighted by molar-refractivity contribution is -0.154. The topological polar surface area (TPSA) is 84.5 Å². The van der Waals surface area contributed by atoms with E-state index in [1.54, 1.807) is 0 Å². The first-order chi connectivity index (χ1) is 12.1. The smallest absolute Gasteiger partial charge is 0.326 e. The number of hydrogen-bond acceptors (Lipinski definition) is 4. The minimum Gasteiger partial charge on any atom is -0.451 e. The zero-order valence-electron chi connectivity index (χ0n) is 14.6. The Kier molecular flexibility index (Phi) is 7.44. The molecule has 0 aliphatic heterocycles. The predicted molar refractivity (Wildman–Crippen MR) is 93.4 cm³/mol. The molecule has 1 fully saturated rings. The predicted octanol–water partition coefficient (Wildman–Crippen LogP) is 1.93. The highest BCUT2D eigenvalue weighted by Crippen LogP contribution is 2.23. The number of hydrogen-bond donors (Lipinski definition) is 2. The molecule has 0 spiro atoms. The Morgan fingerprint density at radius 2 is 1.76 bits per heavy atom. The van der Waals surface area contributed by atoms with E-state index in [0.717, 1.165) is 31.2 Å². The van der Waals surface area contributed by atoms with Crippen LogP contribution in [0.25, 0.3) is 0 Å². The molecule has 25 heavy (non-hydrogen) atoms. The van der Waals surface area contributed by atoms with Crippen LogP contribution in [-0.2, 0) is 25.7 Å². The summed E-state index contributed by atoms with van der Waals surface area (Å²) < 4.78 is 5.07. The lowest BCUT2D eigenvalue weighted by Crippen LogP contribution is -2.40. The van der Waals surface area contributed by atoms with Gasteiger partial charge in [0.05, 0.1) is 0 Å². The molecule has 2 N–H and O–H groups in total. The van der Waals surface area contributed by atoms with E-state index in [0.29, 0.717) is 6.54 Å². The van der Waals surface area contributed by atoms with Crippen molar-refractivity contribution in [1.82, 2.24) is 10.6 Å². The second kappa shape index (κ2) is 9.81. The summed E-state index contributed by atoms with van der Waals surface area (Å²) in [7, 11) is 0. The van der Waals surface area contributed by atoms with E-state index >= 15 is 0 Å². The van der Waals surface area contributed by atoms with Crippen LogP contribution < -0.4 is 10.6 Å². The molecule has 1 aromatic rings. The first kappa shape index (κ1) is 19.0. The summed E-state index contributed by atoms with van der Waals surface area (Å²) in [4.78, 5) is 35.7. The molecular weight excluding hydrogens is 320 g/mol. The van der Waals surface area contributed by atoms with Crippen molar-refractivity contribution < 1.29 is 19.1 Å². The summed E-state index contributed by atoms with van der Waals surface area (Å²) >= 11 is 0. The zero-order valence-corrected chi connectivity index (χ0v) is 14.6. The van der Waals surface area contributed by atoms with Crippen molar-refractivity contribution in [2.75, 3.05) is 6.54 Å². The molecule has 0 radical (unpaired) electrons. The monoisotopic (exact) mass is 346 g/mol. The summed E-state index contributed by atoms with van der Waals surface area (Å²) in [5, 5.41) is 5.33. The van der Waals surface area contributed by atoms with Crippen molar-refractivity contribution in [3.8, 4) is 0 Å². The fraction of sp³-hybridized carbons (Fsp3) is 0.526. The molecular formula is C19H26N2O4. The Balaban J connectivity index is 1.66. The number of benzene rings is 1. The van der Waals surface area contributed by atoms with Crippen molar-refractivity contribution in [2.24, 2.45) is 5.92 Å². The quantitative estimate of drug-likeness (QED) is 0.739. The third-order valence-electron chi connectivity index (χ3n) is 4.37. The molecule has 0 heterocycles.